The Morgan fingerprint density at radius 2 is 1.76 bits per heavy atom. The van der Waals surface area contributed by atoms with Crippen LogP contribution in [0.4, 0.5) is 0 Å². The van der Waals surface area contributed by atoms with Gasteiger partial charge in [-0.2, -0.15) is 0 Å². The van der Waals surface area contributed by atoms with Gasteiger partial charge >= 0.3 is 0 Å². The van der Waals surface area contributed by atoms with E-state index < -0.39 is 6.04 Å². The fourth-order valence-electron chi connectivity index (χ4n) is 4.67. The molecule has 1 saturated heterocycles. The van der Waals surface area contributed by atoms with Crippen LogP contribution in [0.2, 0.25) is 0 Å². The van der Waals surface area contributed by atoms with Gasteiger partial charge < -0.3 is 23.5 Å². The molecule has 2 aliphatic heterocycles. The van der Waals surface area contributed by atoms with Gasteiger partial charge in [-0.05, 0) is 35.9 Å². The number of rotatable bonds is 6. The third-order valence-corrected chi connectivity index (χ3v) is 6.91. The number of morpholine rings is 1. The van der Waals surface area contributed by atoms with E-state index in [4.69, 9.17) is 18.6 Å². The van der Waals surface area contributed by atoms with Crippen LogP contribution in [0.25, 0.3) is 11.0 Å². The van der Waals surface area contributed by atoms with E-state index in [0.29, 0.717) is 54.3 Å². The highest BCUT2D eigenvalue weighted by atomic mass is 79.9. The highest BCUT2D eigenvalue weighted by Gasteiger charge is 2.43. The molecule has 3 aromatic rings. The molecule has 1 aromatic heterocycles. The zero-order valence-electron chi connectivity index (χ0n) is 19.0. The molecule has 2 aliphatic rings. The molecular formula is C25H25BrN2O6. The largest absolute Gasteiger partial charge is 0.493 e. The van der Waals surface area contributed by atoms with E-state index in [0.717, 1.165) is 23.1 Å². The van der Waals surface area contributed by atoms with Crippen molar-refractivity contribution in [2.75, 3.05) is 53.6 Å². The number of amides is 1. The maximum atomic E-state index is 13.7. The van der Waals surface area contributed by atoms with E-state index in [9.17, 15) is 9.59 Å². The van der Waals surface area contributed by atoms with Crippen LogP contribution in [0.5, 0.6) is 11.5 Å². The Bertz CT molecular complexity index is 1300. The molecule has 8 nitrogen and oxygen atoms in total. The van der Waals surface area contributed by atoms with Gasteiger partial charge in [-0.1, -0.05) is 22.0 Å². The van der Waals surface area contributed by atoms with Gasteiger partial charge in [0, 0.05) is 30.7 Å². The Hall–Kier alpha value is -2.88. The zero-order chi connectivity index (χ0) is 23.8. The van der Waals surface area contributed by atoms with E-state index in [-0.39, 0.29) is 17.1 Å². The second-order valence-corrected chi connectivity index (χ2v) is 9.20. The van der Waals surface area contributed by atoms with Gasteiger partial charge in [0.05, 0.1) is 44.4 Å². The molecule has 5 rings (SSSR count). The lowest BCUT2D eigenvalue weighted by atomic mass is 9.98. The minimum atomic E-state index is -0.594. The maximum absolute atomic E-state index is 13.7. The topological polar surface area (TPSA) is 81.5 Å². The quantitative estimate of drug-likeness (QED) is 0.484. The van der Waals surface area contributed by atoms with Crippen molar-refractivity contribution in [2.24, 2.45) is 0 Å². The molecule has 1 amide bonds. The summed E-state index contributed by atoms with van der Waals surface area (Å²) in [7, 11) is 3.13. The van der Waals surface area contributed by atoms with Gasteiger partial charge in [0.1, 0.15) is 5.58 Å². The molecule has 1 unspecified atom stereocenters. The molecule has 178 valence electrons. The first kappa shape index (κ1) is 22.9. The minimum Gasteiger partial charge on any atom is -0.493 e. The Morgan fingerprint density at radius 3 is 2.50 bits per heavy atom. The maximum Gasteiger partial charge on any atom is 0.290 e. The van der Waals surface area contributed by atoms with Crippen molar-refractivity contribution >= 4 is 32.8 Å². The molecule has 34 heavy (non-hydrogen) atoms. The van der Waals surface area contributed by atoms with Crippen molar-refractivity contribution in [3.8, 4) is 11.5 Å². The predicted octanol–water partition coefficient (Wildman–Crippen LogP) is 3.45. The molecule has 0 saturated carbocycles. The Morgan fingerprint density at radius 1 is 1.00 bits per heavy atom. The summed E-state index contributed by atoms with van der Waals surface area (Å²) in [4.78, 5) is 31.2. The molecule has 1 atom stereocenters. The fourth-order valence-corrected chi connectivity index (χ4v) is 5.03. The second-order valence-electron chi connectivity index (χ2n) is 8.28. The fraction of sp³-hybridized carbons (Fsp3) is 0.360. The van der Waals surface area contributed by atoms with E-state index in [1.54, 1.807) is 43.4 Å². The van der Waals surface area contributed by atoms with Crippen molar-refractivity contribution in [3.63, 3.8) is 0 Å². The number of ether oxygens (including phenoxy) is 3. The number of methoxy groups -OCH3 is 2. The van der Waals surface area contributed by atoms with Crippen LogP contribution in [-0.4, -0.2) is 69.3 Å². The number of fused-ring (bicyclic) bond motifs is 2. The van der Waals surface area contributed by atoms with Crippen LogP contribution < -0.4 is 14.9 Å². The summed E-state index contributed by atoms with van der Waals surface area (Å²) >= 11 is 3.43. The lowest BCUT2D eigenvalue weighted by molar-refractivity contribution is 0.0314. The number of benzene rings is 2. The van der Waals surface area contributed by atoms with E-state index in [2.05, 4.69) is 20.8 Å². The second kappa shape index (κ2) is 9.40. The molecular weight excluding hydrogens is 504 g/mol. The molecule has 0 radical (unpaired) electrons. The standard InChI is InChI=1S/C25H25BrN2O6/c1-31-19-5-3-15(13-20(19)32-2)22-21-23(29)17-14-16(26)4-6-18(17)34-24(21)25(30)28(22)8-7-27-9-11-33-12-10-27/h3-6,13-14,22H,7-12H2,1-2H3. The van der Waals surface area contributed by atoms with Crippen molar-refractivity contribution in [3.05, 3.63) is 68.0 Å². The zero-order valence-corrected chi connectivity index (χ0v) is 20.6. The van der Waals surface area contributed by atoms with Crippen molar-refractivity contribution in [1.29, 1.82) is 0 Å². The molecule has 0 bridgehead atoms. The van der Waals surface area contributed by atoms with E-state index in [1.807, 2.05) is 12.1 Å². The van der Waals surface area contributed by atoms with E-state index in [1.165, 1.54) is 0 Å². The molecule has 2 aromatic carbocycles. The number of nitrogens with zero attached hydrogens (tertiary/aromatic N) is 2. The summed E-state index contributed by atoms with van der Waals surface area (Å²) < 4.78 is 23.1. The third-order valence-electron chi connectivity index (χ3n) is 6.41. The first-order valence-corrected chi connectivity index (χ1v) is 11.9. The van der Waals surface area contributed by atoms with Crippen LogP contribution in [-0.2, 0) is 4.74 Å². The molecule has 0 N–H and O–H groups in total. The summed E-state index contributed by atoms with van der Waals surface area (Å²) in [6.45, 7) is 4.09. The first-order valence-electron chi connectivity index (χ1n) is 11.1. The number of hydrogen-bond acceptors (Lipinski definition) is 7. The highest BCUT2D eigenvalue weighted by molar-refractivity contribution is 9.10. The van der Waals surface area contributed by atoms with Crippen molar-refractivity contribution in [2.45, 2.75) is 6.04 Å². The number of carbonyl (C=O) groups excluding carboxylic acids is 1. The van der Waals surface area contributed by atoms with Crippen LogP contribution in [0, 0.1) is 0 Å². The highest BCUT2D eigenvalue weighted by Crippen LogP contribution is 2.41. The third kappa shape index (κ3) is 3.97. The summed E-state index contributed by atoms with van der Waals surface area (Å²) in [5.41, 5.74) is 1.29. The van der Waals surface area contributed by atoms with Gasteiger partial charge in [0.15, 0.2) is 16.9 Å². The monoisotopic (exact) mass is 528 g/mol. The Labute approximate surface area is 205 Å². The lowest BCUT2D eigenvalue weighted by Gasteiger charge is -2.31. The smallest absolute Gasteiger partial charge is 0.290 e. The van der Waals surface area contributed by atoms with Crippen LogP contribution in [0.3, 0.4) is 0 Å². The SMILES string of the molecule is COc1ccc(C2c3c(oc4ccc(Br)cc4c3=O)C(=O)N2CCN2CCOCC2)cc1OC. The first-order chi connectivity index (χ1) is 16.5. The molecule has 3 heterocycles. The number of halogens is 1. The van der Waals surface area contributed by atoms with Crippen molar-refractivity contribution in [1.82, 2.24) is 9.80 Å². The average molecular weight is 529 g/mol. The summed E-state index contributed by atoms with van der Waals surface area (Å²) in [6.07, 6.45) is 0. The number of hydrogen-bond donors (Lipinski definition) is 0. The van der Waals surface area contributed by atoms with Gasteiger partial charge in [0.2, 0.25) is 5.76 Å². The van der Waals surface area contributed by atoms with Gasteiger partial charge in [0.25, 0.3) is 5.91 Å². The molecule has 0 aliphatic carbocycles. The predicted molar refractivity (Wildman–Crippen MR) is 130 cm³/mol. The average Bonchev–Trinajstić information content (AvgIpc) is 3.15. The van der Waals surface area contributed by atoms with Crippen LogP contribution in [0.15, 0.2) is 50.1 Å². The van der Waals surface area contributed by atoms with Gasteiger partial charge in [-0.25, -0.2) is 0 Å². The summed E-state index contributed by atoms with van der Waals surface area (Å²) in [5, 5.41) is 0.432. The molecule has 9 heteroatoms. The molecule has 0 spiro atoms. The lowest BCUT2D eigenvalue weighted by Crippen LogP contribution is -2.42. The molecule has 1 fully saturated rings. The van der Waals surface area contributed by atoms with Crippen LogP contribution >= 0.6 is 15.9 Å². The van der Waals surface area contributed by atoms with E-state index >= 15 is 0 Å². The van der Waals surface area contributed by atoms with Gasteiger partial charge in [-0.3, -0.25) is 14.5 Å². The summed E-state index contributed by atoms with van der Waals surface area (Å²) in [5.74, 6) is 0.915. The number of carbonyl (C=O) groups is 1. The Balaban J connectivity index is 1.63. The Kier molecular flexibility index (Phi) is 6.33. The van der Waals surface area contributed by atoms with Crippen molar-refractivity contribution < 1.29 is 23.4 Å². The normalized spacial score (nSPS) is 18.4. The van der Waals surface area contributed by atoms with Gasteiger partial charge in [-0.15, -0.1) is 0 Å². The minimum absolute atomic E-state index is 0.0987. The summed E-state index contributed by atoms with van der Waals surface area (Å²) in [6, 6.07) is 10.1. The van der Waals surface area contributed by atoms with Crippen LogP contribution in [0.1, 0.15) is 27.7 Å².